The fourth-order valence-electron chi connectivity index (χ4n) is 3.29. The molecule has 2 heterocycles. The molecule has 6 nitrogen and oxygen atoms in total. The molecule has 4 rings (SSSR count). The number of aryl methyl sites for hydroxylation is 2. The summed E-state index contributed by atoms with van der Waals surface area (Å²) in [5.74, 6) is 0.560. The SMILES string of the molecule is COc1ccc(CNC(=O)Cn2cnc3sc4c(c3c2=O)CCC4)cc1. The van der Waals surface area contributed by atoms with Gasteiger partial charge in [0.25, 0.3) is 5.56 Å². The van der Waals surface area contributed by atoms with Crippen molar-refractivity contribution < 1.29 is 9.53 Å². The summed E-state index contributed by atoms with van der Waals surface area (Å²) >= 11 is 1.60. The molecule has 0 fully saturated rings. The van der Waals surface area contributed by atoms with Crippen molar-refractivity contribution in [3.63, 3.8) is 0 Å². The Balaban J connectivity index is 1.47. The van der Waals surface area contributed by atoms with Crippen LogP contribution >= 0.6 is 11.3 Å². The molecule has 0 bridgehead atoms. The average molecular weight is 369 g/mol. The Morgan fingerprint density at radius 2 is 2.12 bits per heavy atom. The van der Waals surface area contributed by atoms with Crippen LogP contribution in [-0.2, 0) is 30.7 Å². The molecule has 0 saturated carbocycles. The van der Waals surface area contributed by atoms with Crippen LogP contribution in [0.4, 0.5) is 0 Å². The molecule has 1 aliphatic carbocycles. The Morgan fingerprint density at radius 1 is 1.31 bits per heavy atom. The first-order valence-corrected chi connectivity index (χ1v) is 9.36. The Bertz CT molecular complexity index is 1020. The number of benzene rings is 1. The molecule has 1 aromatic carbocycles. The fraction of sp³-hybridized carbons (Fsp3) is 0.316. The van der Waals surface area contributed by atoms with Crippen molar-refractivity contribution in [2.75, 3.05) is 7.11 Å². The van der Waals surface area contributed by atoms with Gasteiger partial charge in [-0.05, 0) is 42.5 Å². The van der Waals surface area contributed by atoms with Gasteiger partial charge in [0, 0.05) is 11.4 Å². The molecule has 0 saturated heterocycles. The molecule has 1 amide bonds. The van der Waals surface area contributed by atoms with Gasteiger partial charge in [0.05, 0.1) is 18.8 Å². The number of nitrogens with one attached hydrogen (secondary N) is 1. The van der Waals surface area contributed by atoms with Gasteiger partial charge >= 0.3 is 0 Å². The summed E-state index contributed by atoms with van der Waals surface area (Å²) in [7, 11) is 1.61. The largest absolute Gasteiger partial charge is 0.497 e. The van der Waals surface area contributed by atoms with Gasteiger partial charge in [-0.15, -0.1) is 11.3 Å². The fourth-order valence-corrected chi connectivity index (χ4v) is 4.51. The second kappa shape index (κ2) is 6.92. The summed E-state index contributed by atoms with van der Waals surface area (Å²) in [6, 6.07) is 7.49. The molecule has 3 aromatic rings. The molecule has 0 spiro atoms. The van der Waals surface area contributed by atoms with Crippen LogP contribution < -0.4 is 15.6 Å². The number of amides is 1. The van der Waals surface area contributed by atoms with Crippen LogP contribution in [0, 0.1) is 0 Å². The minimum atomic E-state index is -0.212. The van der Waals surface area contributed by atoms with E-state index < -0.39 is 0 Å². The zero-order chi connectivity index (χ0) is 18.1. The number of nitrogens with zero attached hydrogens (tertiary/aromatic N) is 2. The van der Waals surface area contributed by atoms with E-state index in [0.29, 0.717) is 11.9 Å². The zero-order valence-corrected chi connectivity index (χ0v) is 15.3. The highest BCUT2D eigenvalue weighted by Gasteiger charge is 2.21. The number of fused-ring (bicyclic) bond motifs is 3. The number of hydrogen-bond acceptors (Lipinski definition) is 5. The maximum absolute atomic E-state index is 12.8. The number of rotatable bonds is 5. The average Bonchev–Trinajstić information content (AvgIpc) is 3.24. The summed E-state index contributed by atoms with van der Waals surface area (Å²) in [6.07, 6.45) is 4.52. The lowest BCUT2D eigenvalue weighted by molar-refractivity contribution is -0.121. The van der Waals surface area contributed by atoms with E-state index >= 15 is 0 Å². The van der Waals surface area contributed by atoms with E-state index in [4.69, 9.17) is 4.74 Å². The Labute approximate surface area is 154 Å². The summed E-state index contributed by atoms with van der Waals surface area (Å²) in [6.45, 7) is 0.379. The number of hydrogen-bond donors (Lipinski definition) is 1. The Hall–Kier alpha value is -2.67. The molecule has 0 aliphatic heterocycles. The Kier molecular flexibility index (Phi) is 4.46. The van der Waals surface area contributed by atoms with Gasteiger partial charge in [0.1, 0.15) is 17.1 Å². The third-order valence-electron chi connectivity index (χ3n) is 4.65. The smallest absolute Gasteiger partial charge is 0.262 e. The normalized spacial score (nSPS) is 13.0. The molecule has 1 N–H and O–H groups in total. The van der Waals surface area contributed by atoms with E-state index in [1.807, 2.05) is 24.3 Å². The summed E-state index contributed by atoms with van der Waals surface area (Å²) < 4.78 is 6.52. The number of ether oxygens (including phenoxy) is 1. The molecule has 134 valence electrons. The number of methoxy groups -OCH3 is 1. The van der Waals surface area contributed by atoms with Crippen LogP contribution in [0.15, 0.2) is 35.4 Å². The van der Waals surface area contributed by atoms with E-state index in [1.165, 1.54) is 15.8 Å². The molecule has 0 unspecified atom stereocenters. The van der Waals surface area contributed by atoms with Crippen LogP contribution in [0.25, 0.3) is 10.2 Å². The molecule has 7 heteroatoms. The molecule has 26 heavy (non-hydrogen) atoms. The minimum Gasteiger partial charge on any atom is -0.497 e. The zero-order valence-electron chi connectivity index (χ0n) is 14.4. The second-order valence-corrected chi connectivity index (χ2v) is 7.42. The highest BCUT2D eigenvalue weighted by atomic mass is 32.1. The first-order chi connectivity index (χ1) is 12.7. The first kappa shape index (κ1) is 16.8. The summed E-state index contributed by atoms with van der Waals surface area (Å²) in [4.78, 5) is 31.5. The van der Waals surface area contributed by atoms with Crippen LogP contribution in [0.5, 0.6) is 5.75 Å². The van der Waals surface area contributed by atoms with Crippen LogP contribution in [-0.4, -0.2) is 22.6 Å². The number of aromatic nitrogens is 2. The first-order valence-electron chi connectivity index (χ1n) is 8.55. The van der Waals surface area contributed by atoms with Gasteiger partial charge < -0.3 is 10.1 Å². The van der Waals surface area contributed by atoms with E-state index in [9.17, 15) is 9.59 Å². The highest BCUT2D eigenvalue weighted by Crippen LogP contribution is 2.34. The predicted molar refractivity (Wildman–Crippen MR) is 101 cm³/mol. The third-order valence-corrected chi connectivity index (χ3v) is 5.85. The molecular weight excluding hydrogens is 350 g/mol. The van der Waals surface area contributed by atoms with Crippen LogP contribution in [0.2, 0.25) is 0 Å². The second-order valence-electron chi connectivity index (χ2n) is 6.34. The van der Waals surface area contributed by atoms with E-state index in [2.05, 4.69) is 10.3 Å². The quantitative estimate of drug-likeness (QED) is 0.749. The van der Waals surface area contributed by atoms with E-state index in [1.54, 1.807) is 18.4 Å². The molecule has 1 aliphatic rings. The van der Waals surface area contributed by atoms with Crippen molar-refractivity contribution in [2.45, 2.75) is 32.4 Å². The third kappa shape index (κ3) is 3.10. The van der Waals surface area contributed by atoms with Gasteiger partial charge in [-0.25, -0.2) is 4.98 Å². The molecule has 0 radical (unpaired) electrons. The van der Waals surface area contributed by atoms with Crippen molar-refractivity contribution in [3.8, 4) is 5.75 Å². The summed E-state index contributed by atoms with van der Waals surface area (Å²) in [5.41, 5.74) is 1.99. The number of carbonyl (C=O) groups is 1. The van der Waals surface area contributed by atoms with Crippen LogP contribution in [0.3, 0.4) is 0 Å². The lowest BCUT2D eigenvalue weighted by Gasteiger charge is -2.08. The molecule has 2 aromatic heterocycles. The van der Waals surface area contributed by atoms with Gasteiger partial charge in [-0.2, -0.15) is 0 Å². The van der Waals surface area contributed by atoms with Gasteiger partial charge in [0.2, 0.25) is 5.91 Å². The molecular formula is C19H19N3O3S. The minimum absolute atomic E-state index is 0.0252. The lowest BCUT2D eigenvalue weighted by Crippen LogP contribution is -2.32. The number of carbonyl (C=O) groups excluding carboxylic acids is 1. The van der Waals surface area contributed by atoms with Gasteiger partial charge in [-0.3, -0.25) is 14.2 Å². The van der Waals surface area contributed by atoms with Crippen molar-refractivity contribution in [1.82, 2.24) is 14.9 Å². The van der Waals surface area contributed by atoms with Crippen molar-refractivity contribution >= 4 is 27.5 Å². The summed E-state index contributed by atoms with van der Waals surface area (Å²) in [5, 5.41) is 3.54. The predicted octanol–water partition coefficient (Wildman–Crippen LogP) is 2.27. The number of thiophene rings is 1. The Morgan fingerprint density at radius 3 is 2.88 bits per heavy atom. The van der Waals surface area contributed by atoms with Crippen molar-refractivity contribution in [2.24, 2.45) is 0 Å². The molecule has 0 atom stereocenters. The standard InChI is InChI=1S/C19H19N3O3S/c1-25-13-7-5-12(6-8-13)9-20-16(23)10-22-11-21-18-17(19(22)24)14-3-2-4-15(14)26-18/h5-8,11H,2-4,9-10H2,1H3,(H,20,23). The van der Waals surface area contributed by atoms with Crippen LogP contribution in [0.1, 0.15) is 22.4 Å². The monoisotopic (exact) mass is 369 g/mol. The van der Waals surface area contributed by atoms with Crippen molar-refractivity contribution in [1.29, 1.82) is 0 Å². The van der Waals surface area contributed by atoms with Gasteiger partial charge in [0.15, 0.2) is 0 Å². The lowest BCUT2D eigenvalue weighted by atomic mass is 10.2. The van der Waals surface area contributed by atoms with Crippen molar-refractivity contribution in [3.05, 3.63) is 57.0 Å². The highest BCUT2D eigenvalue weighted by molar-refractivity contribution is 7.18. The van der Waals surface area contributed by atoms with E-state index in [0.717, 1.165) is 41.0 Å². The maximum Gasteiger partial charge on any atom is 0.262 e. The topological polar surface area (TPSA) is 73.2 Å². The van der Waals surface area contributed by atoms with Gasteiger partial charge in [-0.1, -0.05) is 12.1 Å². The van der Waals surface area contributed by atoms with E-state index in [-0.39, 0.29) is 18.0 Å². The maximum atomic E-state index is 12.8.